The number of nitrogens with zero attached hydrogens (tertiary/aromatic N) is 3. The van der Waals surface area contributed by atoms with E-state index in [1.165, 1.54) is 16.2 Å². The highest BCUT2D eigenvalue weighted by atomic mass is 32.1. The van der Waals surface area contributed by atoms with Crippen LogP contribution in [-0.4, -0.2) is 76.9 Å². The zero-order valence-electron chi connectivity index (χ0n) is 29.0. The fourth-order valence-corrected chi connectivity index (χ4v) is 7.03. The number of thiazole rings is 1. The van der Waals surface area contributed by atoms with Crippen LogP contribution in [0.25, 0.3) is 21.6 Å². The fraction of sp³-hybridized carbons (Fsp3) is 0.528. The predicted molar refractivity (Wildman–Crippen MR) is 184 cm³/mol. The number of pyridine rings is 1. The van der Waals surface area contributed by atoms with Crippen molar-refractivity contribution in [1.82, 2.24) is 20.2 Å². The monoisotopic (exact) mass is 678 g/mol. The normalized spacial score (nSPS) is 22.0. The van der Waals surface area contributed by atoms with E-state index in [1.807, 2.05) is 30.5 Å². The Hall–Kier alpha value is -4.19. The molecule has 0 spiro atoms. The Labute approximate surface area is 286 Å². The molecule has 3 heterocycles. The second-order valence-electron chi connectivity index (χ2n) is 13.8. The molecule has 1 aliphatic carbocycles. The molecule has 48 heavy (non-hydrogen) atoms. The van der Waals surface area contributed by atoms with Crippen molar-refractivity contribution in [2.45, 2.75) is 84.4 Å². The van der Waals surface area contributed by atoms with Gasteiger partial charge in [-0.25, -0.2) is 19.6 Å². The van der Waals surface area contributed by atoms with Crippen LogP contribution in [0.2, 0.25) is 0 Å². The first-order chi connectivity index (χ1) is 22.7. The molecule has 1 saturated carbocycles. The quantitative estimate of drug-likeness (QED) is 0.180. The zero-order chi connectivity index (χ0) is 35.0. The Morgan fingerprint density at radius 3 is 2.56 bits per heavy atom. The summed E-state index contributed by atoms with van der Waals surface area (Å²) in [4.78, 5) is 51.3. The van der Waals surface area contributed by atoms with Gasteiger partial charge in [-0.05, 0) is 65.5 Å². The first-order valence-electron chi connectivity index (χ1n) is 16.4. The van der Waals surface area contributed by atoms with Crippen molar-refractivity contribution < 1.29 is 33.3 Å². The lowest BCUT2D eigenvalue weighted by molar-refractivity contribution is -0.149. The lowest BCUT2D eigenvalue weighted by Gasteiger charge is -2.29. The highest BCUT2D eigenvalue weighted by Gasteiger charge is 2.62. The van der Waals surface area contributed by atoms with Crippen LogP contribution in [0, 0.1) is 18.8 Å². The Balaban J connectivity index is 1.42. The molecule has 11 nitrogen and oxygen atoms in total. The number of rotatable bonds is 11. The molecule has 3 aromatic rings. The highest BCUT2D eigenvalue weighted by molar-refractivity contribution is 7.13. The number of carbonyl (C=O) groups is 3. The number of esters is 1. The van der Waals surface area contributed by atoms with Crippen LogP contribution < -0.4 is 14.8 Å². The van der Waals surface area contributed by atoms with E-state index in [2.05, 4.69) is 25.7 Å². The number of fused-ring (bicyclic) bond motifs is 1. The lowest BCUT2D eigenvalue weighted by atomic mass is 10.0. The van der Waals surface area contributed by atoms with E-state index in [4.69, 9.17) is 28.9 Å². The van der Waals surface area contributed by atoms with Gasteiger partial charge in [-0.1, -0.05) is 19.9 Å². The Bertz CT molecular complexity index is 1710. The molecule has 1 saturated heterocycles. The third-order valence-corrected chi connectivity index (χ3v) is 9.66. The van der Waals surface area contributed by atoms with E-state index < -0.39 is 35.2 Å². The molecule has 0 bridgehead atoms. The summed E-state index contributed by atoms with van der Waals surface area (Å²) in [5.41, 5.74) is 1.36. The van der Waals surface area contributed by atoms with Crippen LogP contribution in [0.4, 0.5) is 4.79 Å². The SMILES string of the molecule is C=C[C@@H]1C[C@]1(NC(=O)[C@@H]1CC(COc2cc(-c3nc(C(C)C)cs3)nc3c(C)c(OC)ccc23)CN1C(=O)OC(C)(C)C)C(=O)OCC. The maximum atomic E-state index is 13.8. The number of amides is 2. The second-order valence-corrected chi connectivity index (χ2v) is 14.7. The van der Waals surface area contributed by atoms with Crippen molar-refractivity contribution in [1.29, 1.82) is 0 Å². The second kappa shape index (κ2) is 13.7. The van der Waals surface area contributed by atoms with Gasteiger partial charge in [0.25, 0.3) is 0 Å². The molecule has 2 aliphatic rings. The molecule has 12 heteroatoms. The van der Waals surface area contributed by atoms with Crippen molar-refractivity contribution in [3.8, 4) is 22.2 Å². The molecule has 2 amide bonds. The molecule has 5 rings (SSSR count). The van der Waals surface area contributed by atoms with Crippen molar-refractivity contribution in [3.63, 3.8) is 0 Å². The summed E-state index contributed by atoms with van der Waals surface area (Å²) in [5.74, 6) is 0.215. The molecule has 1 aliphatic heterocycles. The number of methoxy groups -OCH3 is 1. The van der Waals surface area contributed by atoms with Crippen LogP contribution in [-0.2, 0) is 19.1 Å². The smallest absolute Gasteiger partial charge is 0.410 e. The number of likely N-dealkylation sites (tertiary alicyclic amines) is 1. The standard InChI is InChI=1S/C36H46N4O7S/c1-10-23-16-36(23,33(42)45-11-2)39-31(41)27-14-22(17-40(27)34(43)47-35(6,7)8)18-46-29-15-25(32-38-26(19-48-32)20(3)4)37-30-21(5)28(44-9)13-12-24(29)30/h10,12-13,15,19-20,22-23,27H,1,11,14,16-18H2,2-9H3,(H,39,41)/t22?,23-,27+,36-/m1/s1. The van der Waals surface area contributed by atoms with Gasteiger partial charge in [0.15, 0.2) is 0 Å². The summed E-state index contributed by atoms with van der Waals surface area (Å²) in [5, 5.41) is 6.56. The molecule has 4 atom stereocenters. The number of hydrogen-bond acceptors (Lipinski definition) is 10. The van der Waals surface area contributed by atoms with Crippen LogP contribution in [0.3, 0.4) is 0 Å². The minimum absolute atomic E-state index is 0.187. The van der Waals surface area contributed by atoms with Gasteiger partial charge in [-0.2, -0.15) is 0 Å². The van der Waals surface area contributed by atoms with Crippen molar-refractivity contribution in [2.75, 3.05) is 26.9 Å². The van der Waals surface area contributed by atoms with E-state index in [0.29, 0.717) is 30.0 Å². The molecule has 1 aromatic carbocycles. The summed E-state index contributed by atoms with van der Waals surface area (Å²) in [6.45, 7) is 17.7. The Morgan fingerprint density at radius 1 is 1.21 bits per heavy atom. The summed E-state index contributed by atoms with van der Waals surface area (Å²) >= 11 is 1.53. The lowest BCUT2D eigenvalue weighted by Crippen LogP contribution is -2.53. The number of benzene rings is 1. The number of ether oxygens (including phenoxy) is 4. The summed E-state index contributed by atoms with van der Waals surface area (Å²) < 4.78 is 23.1. The van der Waals surface area contributed by atoms with Gasteiger partial charge in [-0.3, -0.25) is 9.69 Å². The molecule has 2 aromatic heterocycles. The Morgan fingerprint density at radius 2 is 1.96 bits per heavy atom. The third-order valence-electron chi connectivity index (χ3n) is 8.78. The maximum Gasteiger partial charge on any atom is 0.410 e. The van der Waals surface area contributed by atoms with Gasteiger partial charge >= 0.3 is 12.1 Å². The predicted octanol–water partition coefficient (Wildman–Crippen LogP) is 6.43. The molecular formula is C36H46N4O7S. The van der Waals surface area contributed by atoms with Gasteiger partial charge in [0.2, 0.25) is 5.91 Å². The maximum absolute atomic E-state index is 13.8. The summed E-state index contributed by atoms with van der Waals surface area (Å²) in [6.07, 6.45) is 1.76. The van der Waals surface area contributed by atoms with Crippen LogP contribution in [0.5, 0.6) is 11.5 Å². The topological polar surface area (TPSA) is 129 Å². The number of nitrogens with one attached hydrogen (secondary N) is 1. The van der Waals surface area contributed by atoms with E-state index in [-0.39, 0.29) is 37.5 Å². The number of aryl methyl sites for hydroxylation is 1. The van der Waals surface area contributed by atoms with Gasteiger partial charge < -0.3 is 24.3 Å². The summed E-state index contributed by atoms with van der Waals surface area (Å²) in [7, 11) is 1.63. The highest BCUT2D eigenvalue weighted by Crippen LogP contribution is 2.46. The summed E-state index contributed by atoms with van der Waals surface area (Å²) in [6, 6.07) is 4.84. The van der Waals surface area contributed by atoms with Crippen LogP contribution in [0.15, 0.2) is 36.2 Å². The van der Waals surface area contributed by atoms with Gasteiger partial charge in [0.1, 0.15) is 39.4 Å². The van der Waals surface area contributed by atoms with Crippen LogP contribution >= 0.6 is 11.3 Å². The van der Waals surface area contributed by atoms with Crippen molar-refractivity contribution in [3.05, 3.63) is 47.5 Å². The first kappa shape index (κ1) is 35.1. The fourth-order valence-electron chi connectivity index (χ4n) is 6.09. The number of carbonyl (C=O) groups excluding carboxylic acids is 3. The van der Waals surface area contributed by atoms with E-state index >= 15 is 0 Å². The molecule has 258 valence electrons. The van der Waals surface area contributed by atoms with E-state index in [0.717, 1.165) is 27.2 Å². The average molecular weight is 679 g/mol. The molecule has 1 unspecified atom stereocenters. The molecular weight excluding hydrogens is 632 g/mol. The van der Waals surface area contributed by atoms with E-state index in [1.54, 1.807) is 40.9 Å². The minimum Gasteiger partial charge on any atom is -0.496 e. The third kappa shape index (κ3) is 7.13. The van der Waals surface area contributed by atoms with E-state index in [9.17, 15) is 14.4 Å². The first-order valence-corrected chi connectivity index (χ1v) is 17.3. The van der Waals surface area contributed by atoms with Crippen molar-refractivity contribution in [2.24, 2.45) is 11.8 Å². The Kier molecular flexibility index (Phi) is 10.1. The van der Waals surface area contributed by atoms with Crippen molar-refractivity contribution >= 4 is 40.2 Å². The van der Waals surface area contributed by atoms with Gasteiger partial charge in [0.05, 0.1) is 31.5 Å². The molecule has 1 N–H and O–H groups in total. The largest absolute Gasteiger partial charge is 0.496 e. The molecule has 2 fully saturated rings. The zero-order valence-corrected chi connectivity index (χ0v) is 29.9. The van der Waals surface area contributed by atoms with Gasteiger partial charge in [-0.15, -0.1) is 17.9 Å². The van der Waals surface area contributed by atoms with Gasteiger partial charge in [0, 0.05) is 40.8 Å². The minimum atomic E-state index is -1.18. The number of aromatic nitrogens is 2. The average Bonchev–Trinajstić information content (AvgIpc) is 3.34. The number of hydrogen-bond donors (Lipinski definition) is 1. The molecule has 0 radical (unpaired) electrons. The van der Waals surface area contributed by atoms with Crippen LogP contribution in [0.1, 0.15) is 71.6 Å².